The van der Waals surface area contributed by atoms with Crippen molar-refractivity contribution in [1.82, 2.24) is 10.7 Å². The summed E-state index contributed by atoms with van der Waals surface area (Å²) in [6.45, 7) is 5.18. The van der Waals surface area contributed by atoms with E-state index < -0.39 is 0 Å². The van der Waals surface area contributed by atoms with Crippen molar-refractivity contribution < 1.29 is 0 Å². The van der Waals surface area contributed by atoms with Crippen molar-refractivity contribution in [3.63, 3.8) is 0 Å². The van der Waals surface area contributed by atoms with E-state index in [0.29, 0.717) is 5.92 Å². The first kappa shape index (κ1) is 10.8. The van der Waals surface area contributed by atoms with Crippen LogP contribution in [0.15, 0.2) is 5.10 Å². The third-order valence-corrected chi connectivity index (χ3v) is 2.93. The first-order chi connectivity index (χ1) is 6.86. The van der Waals surface area contributed by atoms with Crippen LogP contribution in [0.1, 0.15) is 25.7 Å². The Kier molecular flexibility index (Phi) is 4.84. The molecule has 78 valence electrons. The van der Waals surface area contributed by atoms with Crippen molar-refractivity contribution in [3.8, 4) is 6.19 Å². The van der Waals surface area contributed by atoms with Gasteiger partial charge in [0.2, 0.25) is 0 Å². The zero-order chi connectivity index (χ0) is 10.2. The van der Waals surface area contributed by atoms with Gasteiger partial charge >= 0.3 is 0 Å². The van der Waals surface area contributed by atoms with Gasteiger partial charge < -0.3 is 10.7 Å². The lowest BCUT2D eigenvalue weighted by Crippen LogP contribution is -2.27. The summed E-state index contributed by atoms with van der Waals surface area (Å²) in [5.41, 5.74) is 2.92. The molecule has 0 unspecified atom stereocenters. The molecule has 1 aliphatic carbocycles. The molecule has 0 aliphatic heterocycles. The summed E-state index contributed by atoms with van der Waals surface area (Å²) in [6.07, 6.45) is 6.89. The summed E-state index contributed by atoms with van der Waals surface area (Å²) in [5, 5.41) is 14.8. The van der Waals surface area contributed by atoms with Gasteiger partial charge in [-0.15, -0.1) is 0 Å². The Morgan fingerprint density at radius 1 is 1.21 bits per heavy atom. The third kappa shape index (κ3) is 3.65. The Hall–Kier alpha value is -1.24. The molecule has 0 atom stereocenters. The highest BCUT2D eigenvalue weighted by atomic mass is 15.3. The van der Waals surface area contributed by atoms with E-state index >= 15 is 0 Å². The molecule has 0 aromatic carbocycles. The number of hydrogen-bond acceptors (Lipinski definition) is 4. The van der Waals surface area contributed by atoms with Gasteiger partial charge in [0.1, 0.15) is 0 Å². The van der Waals surface area contributed by atoms with Crippen LogP contribution in [0.25, 0.3) is 0 Å². The minimum atomic E-state index is 0.683. The average Bonchev–Trinajstić information content (AvgIpc) is 2.25. The molecule has 1 aliphatic rings. The highest BCUT2D eigenvalue weighted by Crippen LogP contribution is 2.27. The zero-order valence-electron chi connectivity index (χ0n) is 8.50. The van der Waals surface area contributed by atoms with Crippen LogP contribution in [0, 0.1) is 23.3 Å². The lowest BCUT2D eigenvalue weighted by Gasteiger charge is -2.27. The van der Waals surface area contributed by atoms with Crippen molar-refractivity contribution in [3.05, 3.63) is 0 Å². The van der Waals surface area contributed by atoms with Crippen molar-refractivity contribution in [2.45, 2.75) is 25.7 Å². The molecule has 0 radical (unpaired) electrons. The van der Waals surface area contributed by atoms with E-state index in [1.165, 1.54) is 25.7 Å². The Balaban J connectivity index is 2.11. The molecule has 0 spiro atoms. The van der Waals surface area contributed by atoms with Crippen LogP contribution in [0.5, 0.6) is 0 Å². The van der Waals surface area contributed by atoms with E-state index in [4.69, 9.17) is 5.26 Å². The fourth-order valence-corrected chi connectivity index (χ4v) is 2.02. The summed E-state index contributed by atoms with van der Waals surface area (Å²) in [6, 6.07) is 0. The molecule has 4 nitrogen and oxygen atoms in total. The number of hydrogen-bond donors (Lipinski definition) is 2. The molecule has 0 saturated heterocycles. The number of nitrogens with zero attached hydrogens (tertiary/aromatic N) is 2. The quantitative estimate of drug-likeness (QED) is 0.298. The largest absolute Gasteiger partial charge is 0.324 e. The van der Waals surface area contributed by atoms with Gasteiger partial charge in [0.15, 0.2) is 6.19 Å². The maximum absolute atomic E-state index is 8.37. The van der Waals surface area contributed by atoms with Gasteiger partial charge in [-0.1, -0.05) is 0 Å². The van der Waals surface area contributed by atoms with E-state index in [1.54, 1.807) is 0 Å². The molecule has 0 heterocycles. The summed E-state index contributed by atoms with van der Waals surface area (Å²) in [5.74, 6) is 1.42. The molecule has 0 amide bonds. The lowest BCUT2D eigenvalue weighted by atomic mass is 9.82. The molecule has 1 rings (SSSR count). The summed E-state index contributed by atoms with van der Waals surface area (Å²) >= 11 is 0. The van der Waals surface area contributed by atoms with Crippen molar-refractivity contribution in [2.24, 2.45) is 16.9 Å². The molecular weight excluding hydrogens is 176 g/mol. The first-order valence-electron chi connectivity index (χ1n) is 5.17. The van der Waals surface area contributed by atoms with Crippen LogP contribution < -0.4 is 10.7 Å². The monoisotopic (exact) mass is 194 g/mol. The van der Waals surface area contributed by atoms with Crippen molar-refractivity contribution in [1.29, 1.82) is 5.26 Å². The van der Waals surface area contributed by atoms with Gasteiger partial charge in [0, 0.05) is 19.8 Å². The predicted molar refractivity (Wildman–Crippen MR) is 56.6 cm³/mol. The van der Waals surface area contributed by atoms with E-state index in [0.717, 1.165) is 19.0 Å². The minimum Gasteiger partial charge on any atom is -0.324 e. The predicted octanol–water partition coefficient (Wildman–Crippen LogP) is 1.07. The maximum atomic E-state index is 8.37. The van der Waals surface area contributed by atoms with Gasteiger partial charge in [-0.2, -0.15) is 10.4 Å². The molecule has 14 heavy (non-hydrogen) atoms. The number of rotatable bonds is 5. The van der Waals surface area contributed by atoms with E-state index in [-0.39, 0.29) is 0 Å². The summed E-state index contributed by atoms with van der Waals surface area (Å²) in [4.78, 5) is 0. The number of nitriles is 1. The maximum Gasteiger partial charge on any atom is 0.176 e. The van der Waals surface area contributed by atoms with Gasteiger partial charge in [0.25, 0.3) is 0 Å². The smallest absolute Gasteiger partial charge is 0.176 e. The molecule has 0 bridgehead atoms. The highest BCUT2D eigenvalue weighted by molar-refractivity contribution is 5.22. The molecule has 0 aromatic rings. The normalized spacial score (nSPS) is 26.2. The van der Waals surface area contributed by atoms with Crippen LogP contribution in [0.4, 0.5) is 0 Å². The van der Waals surface area contributed by atoms with Crippen LogP contribution in [0.2, 0.25) is 0 Å². The van der Waals surface area contributed by atoms with E-state index in [1.807, 2.05) is 6.19 Å². The second-order valence-electron chi connectivity index (χ2n) is 3.90. The minimum absolute atomic E-state index is 0.683. The molecule has 1 saturated carbocycles. The third-order valence-electron chi connectivity index (χ3n) is 2.93. The first-order valence-corrected chi connectivity index (χ1v) is 5.17. The van der Waals surface area contributed by atoms with Crippen LogP contribution in [-0.4, -0.2) is 19.8 Å². The fourth-order valence-electron chi connectivity index (χ4n) is 2.02. The second-order valence-corrected chi connectivity index (χ2v) is 3.90. The lowest BCUT2D eigenvalue weighted by molar-refractivity contribution is 0.268. The summed E-state index contributed by atoms with van der Waals surface area (Å²) in [7, 11) is 0. The molecule has 0 aromatic heterocycles. The van der Waals surface area contributed by atoms with Crippen molar-refractivity contribution in [2.75, 3.05) is 13.1 Å². The fraction of sp³-hybridized carbons (Fsp3) is 0.800. The van der Waals surface area contributed by atoms with Crippen LogP contribution in [0.3, 0.4) is 0 Å². The standard InChI is InChI=1S/C10H18N4/c1-12-14-7-10-4-2-9(3-5-10)6-13-8-11/h9-10,13-14H,1-7H2. The van der Waals surface area contributed by atoms with E-state index in [2.05, 4.69) is 22.6 Å². The Morgan fingerprint density at radius 2 is 1.79 bits per heavy atom. The molecule has 2 N–H and O–H groups in total. The van der Waals surface area contributed by atoms with Gasteiger partial charge in [-0.3, -0.25) is 0 Å². The molecule has 4 heteroatoms. The number of hydrazone groups is 1. The molecule has 1 fully saturated rings. The zero-order valence-corrected chi connectivity index (χ0v) is 8.50. The highest BCUT2D eigenvalue weighted by Gasteiger charge is 2.20. The Bertz CT molecular complexity index is 201. The summed E-state index contributed by atoms with van der Waals surface area (Å²) < 4.78 is 0. The SMILES string of the molecule is C=NNCC1CCC(CNC#N)CC1. The van der Waals surface area contributed by atoms with Crippen molar-refractivity contribution >= 4 is 6.72 Å². The van der Waals surface area contributed by atoms with Gasteiger partial charge in [0.05, 0.1) is 0 Å². The average molecular weight is 194 g/mol. The van der Waals surface area contributed by atoms with Gasteiger partial charge in [-0.25, -0.2) is 0 Å². The Morgan fingerprint density at radius 3 is 2.29 bits per heavy atom. The number of nitrogens with one attached hydrogen (secondary N) is 2. The Labute approximate surface area is 85.4 Å². The van der Waals surface area contributed by atoms with Crippen LogP contribution in [-0.2, 0) is 0 Å². The molecular formula is C10H18N4. The second kappa shape index (κ2) is 6.25. The topological polar surface area (TPSA) is 60.2 Å². The van der Waals surface area contributed by atoms with E-state index in [9.17, 15) is 0 Å². The van der Waals surface area contributed by atoms with Gasteiger partial charge in [-0.05, 0) is 37.5 Å². The van der Waals surface area contributed by atoms with Crippen LogP contribution >= 0.6 is 0 Å².